The molecule has 0 amide bonds. The number of carbonyl (C=O) groups excluding carboxylic acids is 1. The van der Waals surface area contributed by atoms with Crippen molar-refractivity contribution in [3.8, 4) is 0 Å². The van der Waals surface area contributed by atoms with E-state index in [1.54, 1.807) is 12.4 Å². The summed E-state index contributed by atoms with van der Waals surface area (Å²) in [5, 5.41) is 1.00. The highest BCUT2D eigenvalue weighted by Gasteiger charge is 2.02. The van der Waals surface area contributed by atoms with Crippen LogP contribution >= 0.6 is 0 Å². The lowest BCUT2D eigenvalue weighted by molar-refractivity contribution is 0.112. The molecular formula is C9H8N2O. The third-order valence-electron chi connectivity index (χ3n) is 1.93. The first-order chi connectivity index (χ1) is 5.83. The molecule has 0 spiro atoms. The van der Waals surface area contributed by atoms with Crippen molar-refractivity contribution in [3.63, 3.8) is 0 Å². The maximum absolute atomic E-state index is 10.6. The molecule has 2 aromatic heterocycles. The summed E-state index contributed by atoms with van der Waals surface area (Å²) in [5.41, 5.74) is 1.58. The van der Waals surface area contributed by atoms with Gasteiger partial charge in [0.2, 0.25) is 0 Å². The second-order valence-electron chi connectivity index (χ2n) is 2.71. The van der Waals surface area contributed by atoms with Crippen LogP contribution in [-0.4, -0.2) is 15.8 Å². The molecule has 3 heteroatoms. The van der Waals surface area contributed by atoms with E-state index in [1.807, 2.05) is 23.9 Å². The van der Waals surface area contributed by atoms with Crippen LogP contribution in [0.2, 0.25) is 0 Å². The van der Waals surface area contributed by atoms with Crippen molar-refractivity contribution in [1.82, 2.24) is 9.55 Å². The van der Waals surface area contributed by atoms with Crippen LogP contribution in [-0.2, 0) is 7.05 Å². The minimum absolute atomic E-state index is 0.639. The van der Waals surface area contributed by atoms with Crippen LogP contribution in [0.1, 0.15) is 10.4 Å². The Morgan fingerprint density at radius 3 is 3.08 bits per heavy atom. The van der Waals surface area contributed by atoms with Crippen molar-refractivity contribution in [3.05, 3.63) is 30.2 Å². The quantitative estimate of drug-likeness (QED) is 0.591. The smallest absolute Gasteiger partial charge is 0.153 e. The molecule has 0 bridgehead atoms. The van der Waals surface area contributed by atoms with Gasteiger partial charge in [-0.25, -0.2) is 0 Å². The predicted molar refractivity (Wildman–Crippen MR) is 46.1 cm³/mol. The summed E-state index contributed by atoms with van der Waals surface area (Å²) in [7, 11) is 1.91. The molecular weight excluding hydrogens is 152 g/mol. The van der Waals surface area contributed by atoms with E-state index in [9.17, 15) is 4.79 Å². The molecule has 0 saturated heterocycles. The van der Waals surface area contributed by atoms with E-state index in [0.717, 1.165) is 17.2 Å². The minimum Gasteiger partial charge on any atom is -0.350 e. The highest BCUT2D eigenvalue weighted by molar-refractivity contribution is 5.95. The lowest BCUT2D eigenvalue weighted by atomic mass is 10.2. The number of nitrogens with zero attached hydrogens (tertiary/aromatic N) is 2. The van der Waals surface area contributed by atoms with Gasteiger partial charge in [0, 0.05) is 31.0 Å². The fourth-order valence-electron chi connectivity index (χ4n) is 1.37. The zero-order valence-corrected chi connectivity index (χ0v) is 6.69. The predicted octanol–water partition coefficient (Wildman–Crippen LogP) is 1.39. The molecule has 60 valence electrons. The zero-order chi connectivity index (χ0) is 8.55. The van der Waals surface area contributed by atoms with E-state index in [2.05, 4.69) is 4.98 Å². The van der Waals surface area contributed by atoms with E-state index in [-0.39, 0.29) is 0 Å². The molecule has 0 aromatic carbocycles. The number of aryl methyl sites for hydroxylation is 1. The standard InChI is InChI=1S/C9H8N2O/c1-11-3-2-7-4-10-5-8(6-12)9(7)11/h2-6H,1H3. The second kappa shape index (κ2) is 2.44. The van der Waals surface area contributed by atoms with Gasteiger partial charge in [-0.2, -0.15) is 0 Å². The summed E-state index contributed by atoms with van der Waals surface area (Å²) in [6, 6.07) is 1.94. The van der Waals surface area contributed by atoms with Crippen molar-refractivity contribution in [2.24, 2.45) is 7.05 Å². The molecule has 2 aromatic rings. The molecule has 0 aliphatic heterocycles. The molecule has 0 N–H and O–H groups in total. The van der Waals surface area contributed by atoms with Crippen LogP contribution in [0, 0.1) is 0 Å². The van der Waals surface area contributed by atoms with Gasteiger partial charge in [-0.3, -0.25) is 9.78 Å². The molecule has 0 fully saturated rings. The molecule has 0 atom stereocenters. The molecule has 3 nitrogen and oxygen atoms in total. The van der Waals surface area contributed by atoms with E-state index >= 15 is 0 Å². The Morgan fingerprint density at radius 1 is 1.50 bits per heavy atom. The van der Waals surface area contributed by atoms with Crippen molar-refractivity contribution in [2.45, 2.75) is 0 Å². The first-order valence-electron chi connectivity index (χ1n) is 3.67. The number of fused-ring (bicyclic) bond motifs is 1. The second-order valence-corrected chi connectivity index (χ2v) is 2.71. The number of aromatic nitrogens is 2. The lowest BCUT2D eigenvalue weighted by Crippen LogP contribution is -1.91. The maximum Gasteiger partial charge on any atom is 0.153 e. The van der Waals surface area contributed by atoms with Gasteiger partial charge in [-0.1, -0.05) is 0 Å². The van der Waals surface area contributed by atoms with E-state index < -0.39 is 0 Å². The number of carbonyl (C=O) groups is 1. The van der Waals surface area contributed by atoms with Gasteiger partial charge < -0.3 is 4.57 Å². The Labute approximate surface area is 69.6 Å². The van der Waals surface area contributed by atoms with Gasteiger partial charge in [0.1, 0.15) is 0 Å². The molecule has 2 rings (SSSR count). The Balaban J connectivity index is 2.93. The van der Waals surface area contributed by atoms with E-state index in [1.165, 1.54) is 0 Å². The van der Waals surface area contributed by atoms with Crippen LogP contribution in [0.15, 0.2) is 24.7 Å². The molecule has 12 heavy (non-hydrogen) atoms. The summed E-state index contributed by atoms with van der Waals surface area (Å²) in [5.74, 6) is 0. The van der Waals surface area contributed by atoms with Crippen molar-refractivity contribution >= 4 is 17.2 Å². The highest BCUT2D eigenvalue weighted by Crippen LogP contribution is 2.15. The summed E-state index contributed by atoms with van der Waals surface area (Å²) < 4.78 is 1.92. The largest absolute Gasteiger partial charge is 0.350 e. The molecule has 0 unspecified atom stereocenters. The van der Waals surface area contributed by atoms with Gasteiger partial charge >= 0.3 is 0 Å². The Hall–Kier alpha value is -1.64. The number of rotatable bonds is 1. The monoisotopic (exact) mass is 160 g/mol. The average Bonchev–Trinajstić information content (AvgIpc) is 2.48. The summed E-state index contributed by atoms with van der Waals surface area (Å²) >= 11 is 0. The SMILES string of the molecule is Cn1ccc2cncc(C=O)c21. The van der Waals surface area contributed by atoms with Gasteiger partial charge in [0.05, 0.1) is 11.1 Å². The maximum atomic E-state index is 10.6. The van der Waals surface area contributed by atoms with Crippen LogP contribution in [0.25, 0.3) is 10.9 Å². The fraction of sp³-hybridized carbons (Fsp3) is 0.111. The third-order valence-corrected chi connectivity index (χ3v) is 1.93. The van der Waals surface area contributed by atoms with Gasteiger partial charge in [-0.05, 0) is 6.07 Å². The molecule has 0 saturated carbocycles. The Morgan fingerprint density at radius 2 is 2.33 bits per heavy atom. The number of hydrogen-bond donors (Lipinski definition) is 0. The van der Waals surface area contributed by atoms with Gasteiger partial charge in [0.15, 0.2) is 6.29 Å². The normalized spacial score (nSPS) is 10.4. The number of pyridine rings is 1. The fourth-order valence-corrected chi connectivity index (χ4v) is 1.37. The van der Waals surface area contributed by atoms with Crippen LogP contribution in [0.3, 0.4) is 0 Å². The topological polar surface area (TPSA) is 34.9 Å². The van der Waals surface area contributed by atoms with Crippen molar-refractivity contribution in [2.75, 3.05) is 0 Å². The van der Waals surface area contributed by atoms with Crippen LogP contribution < -0.4 is 0 Å². The third kappa shape index (κ3) is 0.830. The molecule has 2 heterocycles. The molecule has 0 aliphatic rings. The first-order valence-corrected chi connectivity index (χ1v) is 3.67. The Bertz CT molecular complexity index is 431. The number of aldehydes is 1. The highest BCUT2D eigenvalue weighted by atomic mass is 16.1. The van der Waals surface area contributed by atoms with Crippen molar-refractivity contribution < 1.29 is 4.79 Å². The average molecular weight is 160 g/mol. The summed E-state index contributed by atoms with van der Waals surface area (Å²) in [6.45, 7) is 0. The molecule has 0 aliphatic carbocycles. The van der Waals surface area contributed by atoms with Crippen molar-refractivity contribution in [1.29, 1.82) is 0 Å². The van der Waals surface area contributed by atoms with E-state index in [0.29, 0.717) is 5.56 Å². The molecule has 0 radical (unpaired) electrons. The van der Waals surface area contributed by atoms with Gasteiger partial charge in [0.25, 0.3) is 0 Å². The lowest BCUT2D eigenvalue weighted by Gasteiger charge is -1.97. The van der Waals surface area contributed by atoms with Crippen LogP contribution in [0.4, 0.5) is 0 Å². The zero-order valence-electron chi connectivity index (χ0n) is 6.69. The summed E-state index contributed by atoms with van der Waals surface area (Å²) in [6.07, 6.45) is 6.08. The Kier molecular flexibility index (Phi) is 1.43. The summed E-state index contributed by atoms with van der Waals surface area (Å²) in [4.78, 5) is 14.6. The minimum atomic E-state index is 0.639. The number of hydrogen-bond acceptors (Lipinski definition) is 2. The van der Waals surface area contributed by atoms with Gasteiger partial charge in [-0.15, -0.1) is 0 Å². The van der Waals surface area contributed by atoms with E-state index in [4.69, 9.17) is 0 Å². The van der Waals surface area contributed by atoms with Crippen LogP contribution in [0.5, 0.6) is 0 Å². The first kappa shape index (κ1) is 7.03.